The number of rotatable bonds is 2. The maximum Gasteiger partial charge on any atom is 0.316 e. The summed E-state index contributed by atoms with van der Waals surface area (Å²) in [5.41, 5.74) is 1.74. The monoisotopic (exact) mass is 258 g/mol. The number of ether oxygens (including phenoxy) is 1. The first-order chi connectivity index (χ1) is 7.74. The number of fused-ring (bicyclic) bond motifs is 1. The average Bonchev–Trinajstić information content (AvgIpc) is 2.51. The zero-order valence-corrected chi connectivity index (χ0v) is 10.4. The smallest absolute Gasteiger partial charge is 0.316 e. The van der Waals surface area contributed by atoms with Crippen molar-refractivity contribution in [2.45, 2.75) is 19.3 Å². The predicted octanol–water partition coefficient (Wildman–Crippen LogP) is 2.77. The van der Waals surface area contributed by atoms with Crippen LogP contribution < -0.4 is 10.1 Å². The lowest BCUT2D eigenvalue weighted by Gasteiger charge is -2.10. The molecular weight excluding hydrogens is 244 g/mol. The minimum Gasteiger partial charge on any atom is -0.490 e. The van der Waals surface area contributed by atoms with E-state index in [-0.39, 0.29) is 23.0 Å². The van der Waals surface area contributed by atoms with Gasteiger partial charge < -0.3 is 10.1 Å². The first kappa shape index (κ1) is 13.6. The van der Waals surface area contributed by atoms with Crippen LogP contribution in [0.15, 0.2) is 12.1 Å². The molecule has 5 nitrogen and oxygen atoms in total. The van der Waals surface area contributed by atoms with Gasteiger partial charge in [0.2, 0.25) is 0 Å². The normalized spacial score (nSPS) is 13.7. The predicted molar refractivity (Wildman–Crippen MR) is 68.3 cm³/mol. The number of nitrogens with zero attached hydrogens (tertiary/aromatic N) is 1. The molecule has 0 aliphatic carbocycles. The lowest BCUT2D eigenvalue weighted by molar-refractivity contribution is -0.386. The van der Waals surface area contributed by atoms with Gasteiger partial charge in [0.05, 0.1) is 17.6 Å². The second kappa shape index (κ2) is 5.72. The number of hydrogen-bond acceptors (Lipinski definition) is 4. The molecule has 17 heavy (non-hydrogen) atoms. The third-order valence-electron chi connectivity index (χ3n) is 2.82. The number of nitro groups is 1. The Labute approximate surface area is 106 Å². The van der Waals surface area contributed by atoms with Crippen molar-refractivity contribution >= 4 is 23.8 Å². The first-order valence-corrected chi connectivity index (χ1v) is 5.32. The third-order valence-corrected chi connectivity index (χ3v) is 2.82. The van der Waals surface area contributed by atoms with Crippen LogP contribution in [-0.4, -0.2) is 18.6 Å². The van der Waals surface area contributed by atoms with Gasteiger partial charge in [0.1, 0.15) is 0 Å². The number of halogens is 1. The topological polar surface area (TPSA) is 64.4 Å². The molecule has 6 heteroatoms. The molecule has 1 N–H and O–H groups in total. The number of anilines is 1. The summed E-state index contributed by atoms with van der Waals surface area (Å²) in [7, 11) is 1.46. The van der Waals surface area contributed by atoms with E-state index in [4.69, 9.17) is 4.74 Å². The molecule has 0 radical (unpaired) electrons. The molecule has 0 spiro atoms. The van der Waals surface area contributed by atoms with Gasteiger partial charge in [-0.25, -0.2) is 0 Å². The van der Waals surface area contributed by atoms with Gasteiger partial charge in [-0.05, 0) is 31.4 Å². The van der Waals surface area contributed by atoms with E-state index in [1.165, 1.54) is 7.11 Å². The summed E-state index contributed by atoms with van der Waals surface area (Å²) in [6, 6.07) is 3.50. The second-order valence-electron chi connectivity index (χ2n) is 3.78. The molecule has 1 aromatic rings. The van der Waals surface area contributed by atoms with Crippen molar-refractivity contribution in [2.24, 2.45) is 0 Å². The van der Waals surface area contributed by atoms with Gasteiger partial charge in [-0.15, -0.1) is 12.4 Å². The van der Waals surface area contributed by atoms with Crippen molar-refractivity contribution in [3.8, 4) is 5.75 Å². The molecule has 0 amide bonds. The minimum atomic E-state index is -0.356. The van der Waals surface area contributed by atoms with Gasteiger partial charge in [-0.2, -0.15) is 0 Å². The Kier molecular flexibility index (Phi) is 4.57. The van der Waals surface area contributed by atoms with E-state index in [1.807, 2.05) is 6.07 Å². The molecule has 0 atom stereocenters. The summed E-state index contributed by atoms with van der Waals surface area (Å²) in [4.78, 5) is 10.7. The summed E-state index contributed by atoms with van der Waals surface area (Å²) in [6.07, 6.45) is 2.73. The number of nitrogens with one attached hydrogen (secondary N) is 1. The summed E-state index contributed by atoms with van der Waals surface area (Å²) < 4.78 is 5.04. The van der Waals surface area contributed by atoms with Gasteiger partial charge in [0.25, 0.3) is 0 Å². The van der Waals surface area contributed by atoms with Crippen LogP contribution in [0.25, 0.3) is 0 Å². The molecule has 0 fully saturated rings. The Morgan fingerprint density at radius 2 is 2.18 bits per heavy atom. The lowest BCUT2D eigenvalue weighted by atomic mass is 10.0. The second-order valence-corrected chi connectivity index (χ2v) is 3.78. The SMILES string of the molecule is COc1ccc2c(c1[N+](=O)[O-])CCCCN2.Cl. The Balaban J connectivity index is 0.00000144. The molecule has 0 saturated carbocycles. The van der Waals surface area contributed by atoms with E-state index in [0.717, 1.165) is 37.1 Å². The number of benzene rings is 1. The maximum absolute atomic E-state index is 11.1. The highest BCUT2D eigenvalue weighted by atomic mass is 35.5. The summed E-state index contributed by atoms with van der Waals surface area (Å²) in [5, 5.41) is 14.3. The lowest BCUT2D eigenvalue weighted by Crippen LogP contribution is -2.03. The molecule has 2 rings (SSSR count). The first-order valence-electron chi connectivity index (χ1n) is 5.32. The van der Waals surface area contributed by atoms with E-state index in [0.29, 0.717) is 5.75 Å². The fourth-order valence-electron chi connectivity index (χ4n) is 2.05. The minimum absolute atomic E-state index is 0. The van der Waals surface area contributed by atoms with Crippen molar-refractivity contribution in [1.82, 2.24) is 0 Å². The maximum atomic E-state index is 11.1. The van der Waals surface area contributed by atoms with Gasteiger partial charge in [0.15, 0.2) is 5.75 Å². The highest BCUT2D eigenvalue weighted by Gasteiger charge is 2.24. The molecule has 0 aromatic heterocycles. The zero-order chi connectivity index (χ0) is 11.5. The number of methoxy groups -OCH3 is 1. The Hall–Kier alpha value is -1.49. The fraction of sp³-hybridized carbons (Fsp3) is 0.455. The van der Waals surface area contributed by atoms with Crippen LogP contribution in [-0.2, 0) is 6.42 Å². The largest absolute Gasteiger partial charge is 0.490 e. The van der Waals surface area contributed by atoms with Crippen LogP contribution in [0.4, 0.5) is 11.4 Å². The fourth-order valence-corrected chi connectivity index (χ4v) is 2.05. The summed E-state index contributed by atoms with van der Waals surface area (Å²) in [5.74, 6) is 0.340. The van der Waals surface area contributed by atoms with Gasteiger partial charge in [-0.3, -0.25) is 10.1 Å². The molecule has 94 valence electrons. The highest BCUT2D eigenvalue weighted by molar-refractivity contribution is 5.85. The quantitative estimate of drug-likeness (QED) is 0.654. The molecule has 0 bridgehead atoms. The van der Waals surface area contributed by atoms with Crippen LogP contribution >= 0.6 is 12.4 Å². The molecular formula is C11H15ClN2O3. The molecule has 1 aliphatic heterocycles. The molecule has 0 unspecified atom stereocenters. The van der Waals surface area contributed by atoms with Crippen LogP contribution in [0.1, 0.15) is 18.4 Å². The van der Waals surface area contributed by atoms with Crippen molar-refractivity contribution in [1.29, 1.82) is 0 Å². The summed E-state index contributed by atoms with van der Waals surface area (Å²) in [6.45, 7) is 0.872. The van der Waals surface area contributed by atoms with E-state index < -0.39 is 0 Å². The average molecular weight is 259 g/mol. The Bertz CT molecular complexity index is 423. The third kappa shape index (κ3) is 2.61. The van der Waals surface area contributed by atoms with Crippen LogP contribution in [0, 0.1) is 10.1 Å². The molecule has 1 heterocycles. The molecule has 1 aromatic carbocycles. The highest BCUT2D eigenvalue weighted by Crippen LogP contribution is 2.37. The van der Waals surface area contributed by atoms with E-state index in [9.17, 15) is 10.1 Å². The van der Waals surface area contributed by atoms with Crippen molar-refractivity contribution < 1.29 is 9.66 Å². The standard InChI is InChI=1S/C11H14N2O3.ClH/c1-16-10-6-5-9-8(11(10)13(14)15)4-2-3-7-12-9;/h5-6,12H,2-4,7H2,1H3;1H. The van der Waals surface area contributed by atoms with Crippen LogP contribution in [0.5, 0.6) is 5.75 Å². The van der Waals surface area contributed by atoms with Crippen LogP contribution in [0.3, 0.4) is 0 Å². The van der Waals surface area contributed by atoms with Crippen molar-refractivity contribution in [3.05, 3.63) is 27.8 Å². The van der Waals surface area contributed by atoms with Crippen LogP contribution in [0.2, 0.25) is 0 Å². The number of nitro benzene ring substituents is 1. The van der Waals surface area contributed by atoms with Gasteiger partial charge in [0, 0.05) is 12.2 Å². The van der Waals surface area contributed by atoms with Gasteiger partial charge >= 0.3 is 5.69 Å². The summed E-state index contributed by atoms with van der Waals surface area (Å²) >= 11 is 0. The van der Waals surface area contributed by atoms with E-state index in [1.54, 1.807) is 6.07 Å². The number of hydrogen-bond donors (Lipinski definition) is 1. The van der Waals surface area contributed by atoms with Crippen molar-refractivity contribution in [3.63, 3.8) is 0 Å². The zero-order valence-electron chi connectivity index (χ0n) is 9.56. The van der Waals surface area contributed by atoms with E-state index in [2.05, 4.69) is 5.32 Å². The molecule has 0 saturated heterocycles. The van der Waals surface area contributed by atoms with E-state index >= 15 is 0 Å². The van der Waals surface area contributed by atoms with Gasteiger partial charge in [-0.1, -0.05) is 0 Å². The Morgan fingerprint density at radius 3 is 2.82 bits per heavy atom. The Morgan fingerprint density at radius 1 is 1.41 bits per heavy atom. The molecule has 1 aliphatic rings. The van der Waals surface area contributed by atoms with Crippen molar-refractivity contribution in [2.75, 3.05) is 19.0 Å².